The third kappa shape index (κ3) is 4.68. The molecule has 0 atom stereocenters. The molecule has 0 aliphatic carbocycles. The van der Waals surface area contributed by atoms with Crippen LogP contribution in [0.25, 0.3) is 0 Å². The largest absolute Gasteiger partial charge is 0.469 e. The van der Waals surface area contributed by atoms with Crippen LogP contribution in [0.5, 0.6) is 0 Å². The molecule has 13 heavy (non-hydrogen) atoms. The Balaban J connectivity index is 4.19. The fourth-order valence-corrected chi connectivity index (χ4v) is 0.916. The van der Waals surface area contributed by atoms with Crippen LogP contribution in [-0.2, 0) is 23.3 Å². The second kappa shape index (κ2) is 5.02. The van der Waals surface area contributed by atoms with Crippen LogP contribution >= 0.6 is 7.82 Å². The van der Waals surface area contributed by atoms with Crippen LogP contribution in [0.15, 0.2) is 0 Å². The maximum atomic E-state index is 10.3. The highest BCUT2D eigenvalue weighted by atomic mass is 31.2. The van der Waals surface area contributed by atoms with E-state index in [1.165, 1.54) is 21.3 Å². The van der Waals surface area contributed by atoms with Crippen molar-refractivity contribution in [3.63, 3.8) is 0 Å². The minimum atomic E-state index is -4.54. The molecular weight excluding hydrogens is 203 g/mol. The van der Waals surface area contributed by atoms with Crippen LogP contribution in [0.2, 0.25) is 0 Å². The average Bonchev–Trinajstić information content (AvgIpc) is 2.06. The van der Waals surface area contributed by atoms with Crippen LogP contribution in [-0.4, -0.2) is 43.7 Å². The molecule has 0 bridgehead atoms. The molecule has 80 valence electrons. The summed E-state index contributed by atoms with van der Waals surface area (Å²) in [6.45, 7) is -0.527. The zero-order chi connectivity index (χ0) is 10.5. The smallest absolute Gasteiger partial charge is 0.329 e. The van der Waals surface area contributed by atoms with Gasteiger partial charge in [0.2, 0.25) is 0 Å². The Bertz CT molecular complexity index is 175. The molecule has 0 aliphatic rings. The van der Waals surface area contributed by atoms with Crippen LogP contribution in [0.4, 0.5) is 0 Å². The Hall–Kier alpha value is -0.0100. The number of hydrogen-bond donors (Lipinski definition) is 2. The first-order chi connectivity index (χ1) is 5.89. The zero-order valence-electron chi connectivity index (χ0n) is 7.59. The molecule has 0 spiro atoms. The summed E-state index contributed by atoms with van der Waals surface area (Å²) in [6.07, 6.45) is 0. The van der Waals surface area contributed by atoms with Gasteiger partial charge in [0.05, 0.1) is 0 Å². The molecule has 0 saturated heterocycles. The van der Waals surface area contributed by atoms with Gasteiger partial charge in [0.1, 0.15) is 6.61 Å². The van der Waals surface area contributed by atoms with Crippen molar-refractivity contribution in [3.8, 4) is 0 Å². The minimum absolute atomic E-state index is 0.527. The van der Waals surface area contributed by atoms with Gasteiger partial charge in [0.25, 0.3) is 0 Å². The first-order valence-corrected chi connectivity index (χ1v) is 4.77. The molecule has 0 aromatic carbocycles. The Morgan fingerprint density at radius 2 is 1.54 bits per heavy atom. The molecule has 0 aromatic rings. The van der Waals surface area contributed by atoms with Crippen LogP contribution < -0.4 is 0 Å². The number of methoxy groups -OCH3 is 3. The number of hydrogen-bond acceptors (Lipinski definition) is 5. The molecule has 0 aromatic heterocycles. The SMILES string of the molecule is COC(COP(=O)(O)O)(OC)OC. The van der Waals surface area contributed by atoms with Crippen molar-refractivity contribution in [2.24, 2.45) is 0 Å². The first kappa shape index (κ1) is 13.0. The lowest BCUT2D eigenvalue weighted by Gasteiger charge is -2.27. The summed E-state index contributed by atoms with van der Waals surface area (Å²) in [7, 11) is -0.762. The highest BCUT2D eigenvalue weighted by molar-refractivity contribution is 7.46. The molecule has 2 N–H and O–H groups in total. The molecule has 0 saturated carbocycles. The lowest BCUT2D eigenvalue weighted by atomic mass is 10.6. The van der Waals surface area contributed by atoms with Crippen molar-refractivity contribution in [1.29, 1.82) is 0 Å². The summed E-state index contributed by atoms with van der Waals surface area (Å²) in [5.74, 6) is -1.58. The Labute approximate surface area is 75.8 Å². The van der Waals surface area contributed by atoms with E-state index in [1.54, 1.807) is 0 Å². The van der Waals surface area contributed by atoms with Crippen molar-refractivity contribution in [2.45, 2.75) is 5.97 Å². The van der Waals surface area contributed by atoms with E-state index in [2.05, 4.69) is 4.52 Å². The highest BCUT2D eigenvalue weighted by Crippen LogP contribution is 2.37. The average molecular weight is 216 g/mol. The van der Waals surface area contributed by atoms with Crippen molar-refractivity contribution < 1.29 is 33.1 Å². The molecule has 0 fully saturated rings. The van der Waals surface area contributed by atoms with E-state index in [0.717, 1.165) is 0 Å². The number of phosphoric ester groups is 1. The maximum Gasteiger partial charge on any atom is 0.469 e. The lowest BCUT2D eigenvalue weighted by molar-refractivity contribution is -0.362. The summed E-state index contributed by atoms with van der Waals surface area (Å²) >= 11 is 0. The summed E-state index contributed by atoms with van der Waals surface area (Å²) in [4.78, 5) is 16.8. The molecule has 0 amide bonds. The van der Waals surface area contributed by atoms with Crippen LogP contribution in [0.1, 0.15) is 0 Å². The van der Waals surface area contributed by atoms with E-state index in [4.69, 9.17) is 24.0 Å². The van der Waals surface area contributed by atoms with Gasteiger partial charge in [0, 0.05) is 21.3 Å². The molecule has 0 unspecified atom stereocenters. The summed E-state index contributed by atoms with van der Waals surface area (Å²) in [5, 5.41) is 0. The van der Waals surface area contributed by atoms with E-state index >= 15 is 0 Å². The van der Waals surface area contributed by atoms with Crippen molar-refractivity contribution >= 4 is 7.82 Å². The summed E-state index contributed by atoms with van der Waals surface area (Å²) < 4.78 is 28.6. The molecule has 7 nitrogen and oxygen atoms in total. The third-order valence-corrected chi connectivity index (χ3v) is 1.81. The molecule has 0 aliphatic heterocycles. The molecule has 0 rings (SSSR count). The monoisotopic (exact) mass is 216 g/mol. The van der Waals surface area contributed by atoms with Crippen molar-refractivity contribution in [3.05, 3.63) is 0 Å². The predicted octanol–water partition coefficient (Wildman–Crippen LogP) is -0.311. The van der Waals surface area contributed by atoms with Gasteiger partial charge in [-0.05, 0) is 0 Å². The van der Waals surface area contributed by atoms with E-state index in [1.807, 2.05) is 0 Å². The number of ether oxygens (including phenoxy) is 3. The van der Waals surface area contributed by atoms with Crippen LogP contribution in [0.3, 0.4) is 0 Å². The Kier molecular flexibility index (Phi) is 5.01. The lowest BCUT2D eigenvalue weighted by Crippen LogP contribution is -2.40. The van der Waals surface area contributed by atoms with Gasteiger partial charge in [-0.1, -0.05) is 0 Å². The van der Waals surface area contributed by atoms with E-state index in [9.17, 15) is 4.57 Å². The quantitative estimate of drug-likeness (QED) is 0.464. The van der Waals surface area contributed by atoms with Gasteiger partial charge >= 0.3 is 13.8 Å². The second-order valence-electron chi connectivity index (χ2n) is 2.06. The zero-order valence-corrected chi connectivity index (χ0v) is 8.48. The van der Waals surface area contributed by atoms with Crippen LogP contribution in [0, 0.1) is 0 Å². The molecule has 0 radical (unpaired) electrons. The predicted molar refractivity (Wildman–Crippen MR) is 41.8 cm³/mol. The van der Waals surface area contributed by atoms with Gasteiger partial charge in [0.15, 0.2) is 0 Å². The van der Waals surface area contributed by atoms with Gasteiger partial charge < -0.3 is 24.0 Å². The summed E-state index contributed by atoms with van der Waals surface area (Å²) in [5.41, 5.74) is 0. The topological polar surface area (TPSA) is 94.5 Å². The Morgan fingerprint density at radius 3 is 1.77 bits per heavy atom. The standard InChI is InChI=1S/C5H13O7P/c1-9-5(10-2,11-3)4-12-13(6,7)8/h4H2,1-3H3,(H2,6,7,8). The number of rotatable bonds is 6. The first-order valence-electron chi connectivity index (χ1n) is 3.24. The molecule has 0 heterocycles. The fraction of sp³-hybridized carbons (Fsp3) is 1.00. The normalized spacial score (nSPS) is 13.3. The Morgan fingerprint density at radius 1 is 1.15 bits per heavy atom. The number of phosphoric acid groups is 1. The minimum Gasteiger partial charge on any atom is -0.329 e. The van der Waals surface area contributed by atoms with Gasteiger partial charge in [-0.25, -0.2) is 4.57 Å². The van der Waals surface area contributed by atoms with E-state index < -0.39 is 20.4 Å². The third-order valence-electron chi connectivity index (χ3n) is 1.34. The maximum absolute atomic E-state index is 10.3. The fourth-order valence-electron chi connectivity index (χ4n) is 0.590. The van der Waals surface area contributed by atoms with Gasteiger partial charge in [-0.3, -0.25) is 4.52 Å². The van der Waals surface area contributed by atoms with Gasteiger partial charge in [-0.2, -0.15) is 0 Å². The van der Waals surface area contributed by atoms with Crippen molar-refractivity contribution in [2.75, 3.05) is 27.9 Å². The second-order valence-corrected chi connectivity index (χ2v) is 3.30. The molecule has 8 heteroatoms. The van der Waals surface area contributed by atoms with E-state index in [0.29, 0.717) is 0 Å². The van der Waals surface area contributed by atoms with Gasteiger partial charge in [-0.15, -0.1) is 0 Å². The van der Waals surface area contributed by atoms with E-state index in [-0.39, 0.29) is 0 Å². The van der Waals surface area contributed by atoms with Crippen molar-refractivity contribution in [1.82, 2.24) is 0 Å². The molecular formula is C5H13O7P. The summed E-state index contributed by atoms with van der Waals surface area (Å²) in [6, 6.07) is 0. The highest BCUT2D eigenvalue weighted by Gasteiger charge is 2.33.